The van der Waals surface area contributed by atoms with E-state index in [-0.39, 0.29) is 17.1 Å². The second-order valence-corrected chi connectivity index (χ2v) is 7.12. The molecular formula is C16H9ClFN3O5S. The SMILES string of the molecule is O=[N+]([O-])c1cc(S(=O)(=O)F)ccc1N=Nc1ccc(O)c2ccc(Cl)cc12. The van der Waals surface area contributed by atoms with Crippen LogP contribution in [0.4, 0.5) is 20.9 Å². The lowest BCUT2D eigenvalue weighted by Gasteiger charge is -2.04. The van der Waals surface area contributed by atoms with Crippen molar-refractivity contribution >= 4 is 49.7 Å². The summed E-state index contributed by atoms with van der Waals surface area (Å²) in [5, 5.41) is 30.0. The van der Waals surface area contributed by atoms with Crippen LogP contribution in [-0.4, -0.2) is 18.4 Å². The molecule has 0 bridgehead atoms. The second kappa shape index (κ2) is 6.89. The highest BCUT2D eigenvalue weighted by atomic mass is 35.5. The van der Waals surface area contributed by atoms with Gasteiger partial charge in [0.15, 0.2) is 5.69 Å². The van der Waals surface area contributed by atoms with E-state index in [1.165, 1.54) is 18.2 Å². The molecule has 3 rings (SSSR count). The molecule has 0 aliphatic rings. The van der Waals surface area contributed by atoms with E-state index in [0.29, 0.717) is 21.9 Å². The first-order chi connectivity index (χ1) is 12.7. The molecule has 8 nitrogen and oxygen atoms in total. The van der Waals surface area contributed by atoms with Crippen molar-refractivity contribution in [1.82, 2.24) is 0 Å². The summed E-state index contributed by atoms with van der Waals surface area (Å²) in [4.78, 5) is 9.40. The summed E-state index contributed by atoms with van der Waals surface area (Å²) < 4.78 is 34.9. The predicted octanol–water partition coefficient (Wildman–Crippen LogP) is 5.18. The molecule has 1 N–H and O–H groups in total. The molecule has 0 unspecified atom stereocenters. The molecule has 0 atom stereocenters. The molecule has 0 saturated carbocycles. The van der Waals surface area contributed by atoms with Gasteiger partial charge in [0.2, 0.25) is 0 Å². The Kier molecular flexibility index (Phi) is 4.77. The van der Waals surface area contributed by atoms with E-state index >= 15 is 0 Å². The van der Waals surface area contributed by atoms with Gasteiger partial charge in [-0.1, -0.05) is 11.6 Å². The lowest BCUT2D eigenvalue weighted by atomic mass is 10.1. The maximum Gasteiger partial charge on any atom is 0.332 e. The van der Waals surface area contributed by atoms with E-state index in [2.05, 4.69) is 10.2 Å². The Balaban J connectivity index is 2.12. The summed E-state index contributed by atoms with van der Waals surface area (Å²) in [6.45, 7) is 0. The van der Waals surface area contributed by atoms with Crippen LogP contribution in [0, 0.1) is 10.1 Å². The molecule has 0 amide bonds. The summed E-state index contributed by atoms with van der Waals surface area (Å²) in [6, 6.07) is 9.89. The van der Waals surface area contributed by atoms with Gasteiger partial charge < -0.3 is 5.11 Å². The van der Waals surface area contributed by atoms with Crippen molar-refractivity contribution in [2.24, 2.45) is 10.2 Å². The van der Waals surface area contributed by atoms with E-state index in [1.807, 2.05) is 0 Å². The van der Waals surface area contributed by atoms with Crippen molar-refractivity contribution in [2.45, 2.75) is 4.90 Å². The van der Waals surface area contributed by atoms with Gasteiger partial charge in [0.1, 0.15) is 10.6 Å². The maximum absolute atomic E-state index is 13.1. The Morgan fingerprint density at radius 3 is 2.33 bits per heavy atom. The molecule has 3 aromatic carbocycles. The van der Waals surface area contributed by atoms with Crippen molar-refractivity contribution in [1.29, 1.82) is 0 Å². The van der Waals surface area contributed by atoms with Crippen molar-refractivity contribution < 1.29 is 22.3 Å². The molecule has 11 heteroatoms. The monoisotopic (exact) mass is 409 g/mol. The van der Waals surface area contributed by atoms with Crippen LogP contribution in [0.15, 0.2) is 63.7 Å². The molecule has 0 radical (unpaired) electrons. The van der Waals surface area contributed by atoms with Crippen LogP contribution in [0.5, 0.6) is 5.75 Å². The molecule has 0 spiro atoms. The number of halogens is 2. The quantitative estimate of drug-likeness (QED) is 0.275. The van der Waals surface area contributed by atoms with E-state index in [1.54, 1.807) is 12.1 Å². The van der Waals surface area contributed by atoms with E-state index in [9.17, 15) is 27.5 Å². The third-order valence-electron chi connectivity index (χ3n) is 3.62. The zero-order valence-corrected chi connectivity index (χ0v) is 14.8. The number of aromatic hydroxyl groups is 1. The van der Waals surface area contributed by atoms with Gasteiger partial charge >= 0.3 is 10.2 Å². The van der Waals surface area contributed by atoms with Crippen LogP contribution in [-0.2, 0) is 10.2 Å². The van der Waals surface area contributed by atoms with Crippen LogP contribution in [0.1, 0.15) is 0 Å². The minimum Gasteiger partial charge on any atom is -0.507 e. The minimum atomic E-state index is -5.10. The first-order valence-electron chi connectivity index (χ1n) is 7.23. The third-order valence-corrected chi connectivity index (χ3v) is 4.68. The fourth-order valence-corrected chi connectivity index (χ4v) is 3.02. The Morgan fingerprint density at radius 2 is 1.67 bits per heavy atom. The smallest absolute Gasteiger partial charge is 0.332 e. The second-order valence-electron chi connectivity index (χ2n) is 5.34. The largest absolute Gasteiger partial charge is 0.507 e. The highest BCUT2D eigenvalue weighted by molar-refractivity contribution is 7.86. The van der Waals surface area contributed by atoms with Gasteiger partial charge in [0.05, 0.1) is 10.6 Å². The van der Waals surface area contributed by atoms with Gasteiger partial charge in [0.25, 0.3) is 5.69 Å². The fraction of sp³-hybridized carbons (Fsp3) is 0. The number of rotatable bonds is 4. The van der Waals surface area contributed by atoms with Gasteiger partial charge in [-0.3, -0.25) is 10.1 Å². The number of nitrogens with zero attached hydrogens (tertiary/aromatic N) is 3. The molecule has 27 heavy (non-hydrogen) atoms. The molecule has 0 aliphatic carbocycles. The third kappa shape index (κ3) is 3.86. The van der Waals surface area contributed by atoms with Gasteiger partial charge in [-0.05, 0) is 42.5 Å². The Hall–Kier alpha value is -3.11. The standard InChI is InChI=1S/C16H9ClFN3O5S/c17-9-1-3-11-12(7-9)13(5-6-16(11)22)19-20-14-4-2-10(27(18,25)26)8-15(14)21(23)24/h1-8,22H. The number of fused-ring (bicyclic) bond motifs is 1. The molecule has 0 saturated heterocycles. The van der Waals surface area contributed by atoms with Crippen molar-refractivity contribution in [3.8, 4) is 5.75 Å². The summed E-state index contributed by atoms with van der Waals surface area (Å²) >= 11 is 5.95. The van der Waals surface area contributed by atoms with Crippen LogP contribution in [0.2, 0.25) is 5.02 Å². The van der Waals surface area contributed by atoms with Gasteiger partial charge in [-0.2, -0.15) is 8.42 Å². The summed E-state index contributed by atoms with van der Waals surface area (Å²) in [5.74, 6) is -0.0101. The topological polar surface area (TPSA) is 122 Å². The van der Waals surface area contributed by atoms with Crippen LogP contribution in [0.3, 0.4) is 0 Å². The molecular weight excluding hydrogens is 401 g/mol. The average Bonchev–Trinajstić information content (AvgIpc) is 2.60. The van der Waals surface area contributed by atoms with Crippen molar-refractivity contribution in [2.75, 3.05) is 0 Å². The van der Waals surface area contributed by atoms with Crippen molar-refractivity contribution in [3.05, 3.63) is 63.7 Å². The summed E-state index contributed by atoms with van der Waals surface area (Å²) in [6.07, 6.45) is 0. The lowest BCUT2D eigenvalue weighted by molar-refractivity contribution is -0.384. The number of hydrogen-bond acceptors (Lipinski definition) is 7. The van der Waals surface area contributed by atoms with Gasteiger partial charge in [-0.25, -0.2) is 0 Å². The van der Waals surface area contributed by atoms with Gasteiger partial charge in [0, 0.05) is 21.9 Å². The zero-order chi connectivity index (χ0) is 19.8. The summed E-state index contributed by atoms with van der Waals surface area (Å²) in [7, 11) is -5.10. The first kappa shape index (κ1) is 18.7. The lowest BCUT2D eigenvalue weighted by Crippen LogP contribution is -1.95. The van der Waals surface area contributed by atoms with Crippen molar-refractivity contribution in [3.63, 3.8) is 0 Å². The number of nitro benzene ring substituents is 1. The number of nitro groups is 1. The normalized spacial score (nSPS) is 11.9. The van der Waals surface area contributed by atoms with E-state index in [0.717, 1.165) is 12.1 Å². The number of benzene rings is 3. The van der Waals surface area contributed by atoms with Gasteiger partial charge in [-0.15, -0.1) is 14.1 Å². The number of phenols is 1. The maximum atomic E-state index is 13.1. The highest BCUT2D eigenvalue weighted by Crippen LogP contribution is 2.37. The molecule has 3 aromatic rings. The van der Waals surface area contributed by atoms with Crippen LogP contribution < -0.4 is 0 Å². The van der Waals surface area contributed by atoms with E-state index in [4.69, 9.17) is 11.6 Å². The molecule has 0 aromatic heterocycles. The first-order valence-corrected chi connectivity index (χ1v) is 8.99. The summed E-state index contributed by atoms with van der Waals surface area (Å²) in [5.41, 5.74) is -0.726. The number of phenolic OH excluding ortho intramolecular Hbond substituents is 1. The zero-order valence-electron chi connectivity index (χ0n) is 13.2. The minimum absolute atomic E-state index is 0.0101. The molecule has 0 fully saturated rings. The molecule has 0 heterocycles. The van der Waals surface area contributed by atoms with E-state index < -0.39 is 25.7 Å². The molecule has 138 valence electrons. The Morgan fingerprint density at radius 1 is 1.00 bits per heavy atom. The van der Waals surface area contributed by atoms with Crippen LogP contribution >= 0.6 is 11.6 Å². The average molecular weight is 410 g/mol. The van der Waals surface area contributed by atoms with Crippen LogP contribution in [0.25, 0.3) is 10.8 Å². The Labute approximate surface area is 156 Å². The molecule has 0 aliphatic heterocycles. The Bertz CT molecular complexity index is 1210. The fourth-order valence-electron chi connectivity index (χ4n) is 2.37. The predicted molar refractivity (Wildman–Crippen MR) is 96.2 cm³/mol. The highest BCUT2D eigenvalue weighted by Gasteiger charge is 2.21. The number of azo groups is 1. The number of hydrogen-bond donors (Lipinski definition) is 1.